The molecule has 0 unspecified atom stereocenters. The standard InChI is InChI=1S/C10H18N2O2S/c11-3-6-15-8-10-2-1-9(14-10)7-12-4-5-13/h1-2,12-13H,3-8,11H2. The topological polar surface area (TPSA) is 71.4 Å². The number of aliphatic hydroxyl groups is 1. The van der Waals surface area contributed by atoms with Crippen molar-refractivity contribution in [1.82, 2.24) is 5.32 Å². The number of thioether (sulfide) groups is 1. The van der Waals surface area contributed by atoms with E-state index in [1.807, 2.05) is 12.1 Å². The van der Waals surface area contributed by atoms with Crippen molar-refractivity contribution >= 4 is 11.8 Å². The molecule has 0 aliphatic carbocycles. The van der Waals surface area contributed by atoms with E-state index in [1.165, 1.54) is 0 Å². The second kappa shape index (κ2) is 7.76. The van der Waals surface area contributed by atoms with Gasteiger partial charge in [-0.15, -0.1) is 0 Å². The molecular weight excluding hydrogens is 212 g/mol. The summed E-state index contributed by atoms with van der Waals surface area (Å²) >= 11 is 1.77. The molecule has 0 radical (unpaired) electrons. The number of hydrogen-bond acceptors (Lipinski definition) is 5. The van der Waals surface area contributed by atoms with E-state index in [0.717, 1.165) is 23.0 Å². The van der Waals surface area contributed by atoms with Gasteiger partial charge in [-0.3, -0.25) is 0 Å². The number of nitrogens with two attached hydrogens (primary N) is 1. The van der Waals surface area contributed by atoms with Gasteiger partial charge in [-0.25, -0.2) is 0 Å². The highest BCUT2D eigenvalue weighted by atomic mass is 32.2. The van der Waals surface area contributed by atoms with Gasteiger partial charge in [0.1, 0.15) is 11.5 Å². The first-order chi connectivity index (χ1) is 7.36. The third-order valence-corrected chi connectivity index (χ3v) is 2.82. The molecule has 5 heteroatoms. The van der Waals surface area contributed by atoms with Gasteiger partial charge in [0.15, 0.2) is 0 Å². The van der Waals surface area contributed by atoms with Gasteiger partial charge in [0.25, 0.3) is 0 Å². The van der Waals surface area contributed by atoms with Gasteiger partial charge in [-0.2, -0.15) is 11.8 Å². The summed E-state index contributed by atoms with van der Waals surface area (Å²) in [6.45, 7) is 2.12. The van der Waals surface area contributed by atoms with Crippen molar-refractivity contribution in [2.24, 2.45) is 5.73 Å². The lowest BCUT2D eigenvalue weighted by molar-refractivity contribution is 0.289. The summed E-state index contributed by atoms with van der Waals surface area (Å²) in [6.07, 6.45) is 0. The van der Waals surface area contributed by atoms with Crippen molar-refractivity contribution in [2.45, 2.75) is 12.3 Å². The molecule has 4 nitrogen and oxygen atoms in total. The van der Waals surface area contributed by atoms with E-state index in [0.29, 0.717) is 19.6 Å². The highest BCUT2D eigenvalue weighted by Crippen LogP contribution is 2.14. The summed E-state index contributed by atoms with van der Waals surface area (Å²) in [5, 5.41) is 11.6. The largest absolute Gasteiger partial charge is 0.464 e. The van der Waals surface area contributed by atoms with Crippen LogP contribution in [-0.4, -0.2) is 30.6 Å². The SMILES string of the molecule is NCCSCc1ccc(CNCCO)o1. The predicted octanol–water partition coefficient (Wildman–Crippen LogP) is 0.553. The van der Waals surface area contributed by atoms with Crippen LogP contribution in [0, 0.1) is 0 Å². The molecule has 0 atom stereocenters. The summed E-state index contributed by atoms with van der Waals surface area (Å²) in [4.78, 5) is 0. The minimum Gasteiger partial charge on any atom is -0.464 e. The quantitative estimate of drug-likeness (QED) is 0.569. The van der Waals surface area contributed by atoms with Crippen LogP contribution in [0.4, 0.5) is 0 Å². The lowest BCUT2D eigenvalue weighted by atomic mass is 10.4. The van der Waals surface area contributed by atoms with Crippen molar-refractivity contribution in [3.8, 4) is 0 Å². The van der Waals surface area contributed by atoms with Crippen LogP contribution in [0.5, 0.6) is 0 Å². The Balaban J connectivity index is 2.23. The van der Waals surface area contributed by atoms with Gasteiger partial charge in [-0.05, 0) is 12.1 Å². The molecule has 0 aliphatic heterocycles. The van der Waals surface area contributed by atoms with Crippen LogP contribution in [0.1, 0.15) is 11.5 Å². The zero-order chi connectivity index (χ0) is 10.9. The predicted molar refractivity (Wildman–Crippen MR) is 62.7 cm³/mol. The third-order valence-electron chi connectivity index (χ3n) is 1.81. The minimum absolute atomic E-state index is 0.153. The molecule has 0 spiro atoms. The number of hydrogen-bond donors (Lipinski definition) is 3. The average molecular weight is 230 g/mol. The molecule has 1 aromatic heterocycles. The van der Waals surface area contributed by atoms with E-state index in [1.54, 1.807) is 11.8 Å². The summed E-state index contributed by atoms with van der Waals surface area (Å²) in [7, 11) is 0. The fraction of sp³-hybridized carbons (Fsp3) is 0.600. The number of furan rings is 1. The lowest BCUT2D eigenvalue weighted by Crippen LogP contribution is -2.16. The van der Waals surface area contributed by atoms with Crippen LogP contribution >= 0.6 is 11.8 Å². The van der Waals surface area contributed by atoms with E-state index in [4.69, 9.17) is 15.3 Å². The first kappa shape index (κ1) is 12.6. The zero-order valence-electron chi connectivity index (χ0n) is 8.74. The summed E-state index contributed by atoms with van der Waals surface area (Å²) < 4.78 is 5.57. The molecule has 1 heterocycles. The van der Waals surface area contributed by atoms with E-state index in [2.05, 4.69) is 5.32 Å². The number of rotatable bonds is 8. The van der Waals surface area contributed by atoms with Crippen molar-refractivity contribution in [3.05, 3.63) is 23.7 Å². The van der Waals surface area contributed by atoms with Gasteiger partial charge in [0.05, 0.1) is 18.9 Å². The maximum atomic E-state index is 8.58. The molecule has 0 fully saturated rings. The molecule has 0 aliphatic rings. The Morgan fingerprint density at radius 1 is 1.40 bits per heavy atom. The van der Waals surface area contributed by atoms with Crippen molar-refractivity contribution in [2.75, 3.05) is 25.4 Å². The van der Waals surface area contributed by atoms with E-state index in [-0.39, 0.29) is 6.61 Å². The maximum Gasteiger partial charge on any atom is 0.118 e. The summed E-state index contributed by atoms with van der Waals surface area (Å²) in [5.74, 6) is 3.72. The molecule has 15 heavy (non-hydrogen) atoms. The Hall–Kier alpha value is -0.490. The van der Waals surface area contributed by atoms with Crippen molar-refractivity contribution in [1.29, 1.82) is 0 Å². The number of nitrogens with one attached hydrogen (secondary N) is 1. The van der Waals surface area contributed by atoms with Crippen LogP contribution in [-0.2, 0) is 12.3 Å². The molecule has 1 rings (SSSR count). The summed E-state index contributed by atoms with van der Waals surface area (Å²) in [6, 6.07) is 3.95. The van der Waals surface area contributed by atoms with E-state index < -0.39 is 0 Å². The van der Waals surface area contributed by atoms with Crippen LogP contribution in [0.25, 0.3) is 0 Å². The summed E-state index contributed by atoms with van der Waals surface area (Å²) in [5.41, 5.74) is 5.39. The highest BCUT2D eigenvalue weighted by molar-refractivity contribution is 7.98. The highest BCUT2D eigenvalue weighted by Gasteiger charge is 2.01. The molecule has 0 saturated carbocycles. The van der Waals surface area contributed by atoms with Gasteiger partial charge in [0, 0.05) is 18.8 Å². The Bertz CT molecular complexity index is 241. The Kier molecular flexibility index (Phi) is 6.50. The first-order valence-corrected chi connectivity index (χ1v) is 6.19. The third kappa shape index (κ3) is 5.22. The molecule has 0 bridgehead atoms. The molecule has 4 N–H and O–H groups in total. The molecule has 0 aromatic carbocycles. The lowest BCUT2D eigenvalue weighted by Gasteiger charge is -1.99. The number of aliphatic hydroxyl groups excluding tert-OH is 1. The fourth-order valence-electron chi connectivity index (χ4n) is 1.14. The molecular formula is C10H18N2O2S. The van der Waals surface area contributed by atoms with Crippen LogP contribution in [0.15, 0.2) is 16.5 Å². The Labute approximate surface area is 94.2 Å². The van der Waals surface area contributed by atoms with E-state index in [9.17, 15) is 0 Å². The molecule has 0 saturated heterocycles. The zero-order valence-corrected chi connectivity index (χ0v) is 9.55. The van der Waals surface area contributed by atoms with E-state index >= 15 is 0 Å². The van der Waals surface area contributed by atoms with Crippen LogP contribution in [0.3, 0.4) is 0 Å². The molecule has 1 aromatic rings. The van der Waals surface area contributed by atoms with Crippen molar-refractivity contribution < 1.29 is 9.52 Å². The average Bonchev–Trinajstić information content (AvgIpc) is 2.67. The second-order valence-electron chi connectivity index (χ2n) is 3.11. The van der Waals surface area contributed by atoms with Gasteiger partial charge < -0.3 is 20.6 Å². The smallest absolute Gasteiger partial charge is 0.118 e. The van der Waals surface area contributed by atoms with Gasteiger partial charge in [-0.1, -0.05) is 0 Å². The maximum absolute atomic E-state index is 8.58. The normalized spacial score (nSPS) is 10.8. The molecule has 86 valence electrons. The van der Waals surface area contributed by atoms with Crippen LogP contribution < -0.4 is 11.1 Å². The fourth-order valence-corrected chi connectivity index (χ4v) is 1.81. The van der Waals surface area contributed by atoms with Gasteiger partial charge >= 0.3 is 0 Å². The van der Waals surface area contributed by atoms with Gasteiger partial charge in [0.2, 0.25) is 0 Å². The monoisotopic (exact) mass is 230 g/mol. The first-order valence-electron chi connectivity index (χ1n) is 5.03. The van der Waals surface area contributed by atoms with Crippen molar-refractivity contribution in [3.63, 3.8) is 0 Å². The van der Waals surface area contributed by atoms with Crippen LogP contribution in [0.2, 0.25) is 0 Å². The molecule has 0 amide bonds. The Morgan fingerprint density at radius 2 is 2.20 bits per heavy atom. The Morgan fingerprint density at radius 3 is 2.93 bits per heavy atom. The second-order valence-corrected chi connectivity index (χ2v) is 4.21. The minimum atomic E-state index is 0.153.